The van der Waals surface area contributed by atoms with Crippen molar-refractivity contribution in [1.29, 1.82) is 0 Å². The molecule has 0 amide bonds. The van der Waals surface area contributed by atoms with Crippen LogP contribution < -0.4 is 16.2 Å². The van der Waals surface area contributed by atoms with Crippen molar-refractivity contribution in [2.75, 3.05) is 16.9 Å². The molecule has 5 heteroatoms. The van der Waals surface area contributed by atoms with E-state index < -0.39 is 0 Å². The van der Waals surface area contributed by atoms with Gasteiger partial charge in [0, 0.05) is 25.1 Å². The Morgan fingerprint density at radius 2 is 2.11 bits per heavy atom. The zero-order valence-electron chi connectivity index (χ0n) is 10.9. The fourth-order valence-corrected chi connectivity index (χ4v) is 2.26. The number of aryl methyl sites for hydroxylation is 1. The van der Waals surface area contributed by atoms with Crippen molar-refractivity contribution >= 4 is 11.6 Å². The smallest absolute Gasteiger partial charge is 0.145 e. The molecule has 1 aromatic heterocycles. The summed E-state index contributed by atoms with van der Waals surface area (Å²) in [6.45, 7) is 3.22. The number of nitrogens with one attached hydrogen (secondary N) is 1. The summed E-state index contributed by atoms with van der Waals surface area (Å²) in [5.41, 5.74) is 2.65. The predicted octanol–water partition coefficient (Wildman–Crippen LogP) is 1.70. The Hall–Kier alpha value is -1.36. The van der Waals surface area contributed by atoms with Gasteiger partial charge in [0.25, 0.3) is 0 Å². The van der Waals surface area contributed by atoms with E-state index >= 15 is 0 Å². The molecule has 0 aromatic carbocycles. The van der Waals surface area contributed by atoms with Gasteiger partial charge in [0.2, 0.25) is 0 Å². The van der Waals surface area contributed by atoms with Crippen molar-refractivity contribution < 1.29 is 0 Å². The molecule has 2 saturated carbocycles. The Kier molecular flexibility index (Phi) is 3.07. The number of aromatic nitrogens is 2. The van der Waals surface area contributed by atoms with Gasteiger partial charge in [0.15, 0.2) is 0 Å². The first-order valence-electron chi connectivity index (χ1n) is 6.91. The summed E-state index contributed by atoms with van der Waals surface area (Å²) in [5, 5.41) is 0. The quantitative estimate of drug-likeness (QED) is 0.591. The molecule has 1 aromatic rings. The molecule has 0 unspecified atom stereocenters. The van der Waals surface area contributed by atoms with E-state index in [1.165, 1.54) is 25.7 Å². The summed E-state index contributed by atoms with van der Waals surface area (Å²) in [4.78, 5) is 11.5. The SMILES string of the molecule is CCc1nc(NN)cc(N(CC2CC2)C2CC2)n1. The van der Waals surface area contributed by atoms with Crippen LogP contribution in [0.4, 0.5) is 11.6 Å². The molecule has 2 fully saturated rings. The zero-order chi connectivity index (χ0) is 12.5. The number of nitrogen functional groups attached to an aromatic ring is 1. The maximum Gasteiger partial charge on any atom is 0.145 e. The van der Waals surface area contributed by atoms with Crippen LogP contribution in [0.3, 0.4) is 0 Å². The van der Waals surface area contributed by atoms with Gasteiger partial charge in [-0.05, 0) is 31.6 Å². The lowest BCUT2D eigenvalue weighted by atomic mass is 10.3. The molecule has 1 heterocycles. The zero-order valence-corrected chi connectivity index (χ0v) is 10.9. The minimum atomic E-state index is 0.691. The van der Waals surface area contributed by atoms with Crippen molar-refractivity contribution in [1.82, 2.24) is 9.97 Å². The highest BCUT2D eigenvalue weighted by molar-refractivity contribution is 5.50. The fraction of sp³-hybridized carbons (Fsp3) is 0.692. The van der Waals surface area contributed by atoms with Gasteiger partial charge in [-0.25, -0.2) is 15.8 Å². The first kappa shape index (κ1) is 11.7. The molecule has 0 radical (unpaired) electrons. The van der Waals surface area contributed by atoms with Gasteiger partial charge >= 0.3 is 0 Å². The summed E-state index contributed by atoms with van der Waals surface area (Å²) in [7, 11) is 0. The van der Waals surface area contributed by atoms with E-state index in [1.807, 2.05) is 6.07 Å². The predicted molar refractivity (Wildman–Crippen MR) is 72.3 cm³/mol. The minimum Gasteiger partial charge on any atom is -0.353 e. The van der Waals surface area contributed by atoms with Crippen LogP contribution in [0.5, 0.6) is 0 Å². The Morgan fingerprint density at radius 3 is 2.67 bits per heavy atom. The number of hydrogen-bond acceptors (Lipinski definition) is 5. The molecule has 18 heavy (non-hydrogen) atoms. The van der Waals surface area contributed by atoms with Crippen LogP contribution in [0.25, 0.3) is 0 Å². The van der Waals surface area contributed by atoms with Crippen LogP contribution in [0.15, 0.2) is 6.07 Å². The topological polar surface area (TPSA) is 67.1 Å². The molecule has 98 valence electrons. The van der Waals surface area contributed by atoms with Gasteiger partial charge in [-0.2, -0.15) is 0 Å². The van der Waals surface area contributed by atoms with E-state index in [9.17, 15) is 0 Å². The summed E-state index contributed by atoms with van der Waals surface area (Å²) in [5.74, 6) is 8.99. The lowest BCUT2D eigenvalue weighted by molar-refractivity contribution is 0.704. The van der Waals surface area contributed by atoms with Gasteiger partial charge in [0.1, 0.15) is 17.5 Å². The second kappa shape index (κ2) is 4.72. The van der Waals surface area contributed by atoms with E-state index in [-0.39, 0.29) is 0 Å². The largest absolute Gasteiger partial charge is 0.353 e. The number of nitrogens with zero attached hydrogens (tertiary/aromatic N) is 3. The van der Waals surface area contributed by atoms with Crippen LogP contribution in [-0.2, 0) is 6.42 Å². The number of hydrazine groups is 1. The summed E-state index contributed by atoms with van der Waals surface area (Å²) < 4.78 is 0. The standard InChI is InChI=1S/C13H21N5/c1-2-11-15-12(17-14)7-13(16-11)18(10-5-6-10)8-9-3-4-9/h7,9-10H,2-6,8,14H2,1H3,(H,15,16,17). The van der Waals surface area contributed by atoms with Crippen molar-refractivity contribution in [2.45, 2.75) is 45.1 Å². The molecule has 2 aliphatic carbocycles. The van der Waals surface area contributed by atoms with Crippen LogP contribution in [0, 0.1) is 5.92 Å². The van der Waals surface area contributed by atoms with Crippen molar-refractivity contribution in [3.63, 3.8) is 0 Å². The lowest BCUT2D eigenvalue weighted by Gasteiger charge is -2.24. The minimum absolute atomic E-state index is 0.691. The van der Waals surface area contributed by atoms with Gasteiger partial charge in [0.05, 0.1) is 0 Å². The summed E-state index contributed by atoms with van der Waals surface area (Å²) >= 11 is 0. The third-order valence-corrected chi connectivity index (χ3v) is 3.66. The molecule has 0 spiro atoms. The number of nitrogens with two attached hydrogens (primary N) is 1. The van der Waals surface area contributed by atoms with Crippen LogP contribution in [0.1, 0.15) is 38.4 Å². The average Bonchev–Trinajstić information content (AvgIpc) is 3.28. The number of hydrogen-bond donors (Lipinski definition) is 2. The molecule has 3 rings (SSSR count). The molecule has 5 nitrogen and oxygen atoms in total. The second-order valence-corrected chi connectivity index (χ2v) is 5.35. The van der Waals surface area contributed by atoms with E-state index in [1.54, 1.807) is 0 Å². The Labute approximate surface area is 108 Å². The Morgan fingerprint density at radius 1 is 1.33 bits per heavy atom. The highest BCUT2D eigenvalue weighted by Crippen LogP contribution is 2.37. The van der Waals surface area contributed by atoms with E-state index in [4.69, 9.17) is 5.84 Å². The number of rotatable bonds is 6. The van der Waals surface area contributed by atoms with Gasteiger partial charge in [-0.15, -0.1) is 0 Å². The molecular formula is C13H21N5. The maximum atomic E-state index is 5.49. The van der Waals surface area contributed by atoms with Crippen LogP contribution in [0.2, 0.25) is 0 Å². The first-order chi connectivity index (χ1) is 8.80. The highest BCUT2D eigenvalue weighted by Gasteiger charge is 2.34. The molecule has 0 aliphatic heterocycles. The van der Waals surface area contributed by atoms with Crippen molar-refractivity contribution in [3.8, 4) is 0 Å². The molecule has 0 bridgehead atoms. The van der Waals surface area contributed by atoms with Crippen LogP contribution >= 0.6 is 0 Å². The lowest BCUT2D eigenvalue weighted by Crippen LogP contribution is -2.29. The van der Waals surface area contributed by atoms with E-state index in [0.717, 1.165) is 36.3 Å². The van der Waals surface area contributed by atoms with Crippen molar-refractivity contribution in [3.05, 3.63) is 11.9 Å². The first-order valence-corrected chi connectivity index (χ1v) is 6.91. The summed E-state index contributed by atoms with van der Waals surface area (Å²) in [6, 6.07) is 2.66. The van der Waals surface area contributed by atoms with Crippen molar-refractivity contribution in [2.24, 2.45) is 11.8 Å². The van der Waals surface area contributed by atoms with Gasteiger partial charge in [-0.1, -0.05) is 6.92 Å². The molecule has 0 atom stereocenters. The number of anilines is 2. The fourth-order valence-electron chi connectivity index (χ4n) is 2.26. The Balaban J connectivity index is 1.86. The summed E-state index contributed by atoms with van der Waals surface area (Å²) in [6.07, 6.45) is 6.17. The Bertz CT molecular complexity index is 403. The molecule has 0 saturated heterocycles. The third kappa shape index (κ3) is 2.56. The molecule has 3 N–H and O–H groups in total. The van der Waals surface area contributed by atoms with E-state index in [2.05, 4.69) is 27.2 Å². The molecular weight excluding hydrogens is 226 g/mol. The highest BCUT2D eigenvalue weighted by atomic mass is 15.3. The van der Waals surface area contributed by atoms with Gasteiger partial charge < -0.3 is 10.3 Å². The van der Waals surface area contributed by atoms with Crippen LogP contribution in [-0.4, -0.2) is 22.6 Å². The normalized spacial score (nSPS) is 18.8. The monoisotopic (exact) mass is 247 g/mol. The second-order valence-electron chi connectivity index (χ2n) is 5.35. The maximum absolute atomic E-state index is 5.49. The van der Waals surface area contributed by atoms with E-state index in [0.29, 0.717) is 6.04 Å². The average molecular weight is 247 g/mol. The third-order valence-electron chi connectivity index (χ3n) is 3.66. The van der Waals surface area contributed by atoms with Gasteiger partial charge in [-0.3, -0.25) is 0 Å². The molecule has 2 aliphatic rings.